The smallest absolute Gasteiger partial charge is 0.331 e. The van der Waals surface area contributed by atoms with Gasteiger partial charge in [0.1, 0.15) is 17.8 Å². The molecule has 14 atom stereocenters. The first-order valence-corrected chi connectivity index (χ1v) is 17.7. The van der Waals surface area contributed by atoms with Crippen molar-refractivity contribution in [3.05, 3.63) is 36.0 Å². The van der Waals surface area contributed by atoms with Crippen molar-refractivity contribution >= 4 is 17.7 Å². The van der Waals surface area contributed by atoms with Crippen LogP contribution in [0.2, 0.25) is 0 Å². The van der Waals surface area contributed by atoms with Crippen LogP contribution in [0, 0.1) is 35.0 Å². The lowest BCUT2D eigenvalue weighted by molar-refractivity contribution is -0.244. The molecular formula is C37H54O12. The van der Waals surface area contributed by atoms with Crippen molar-refractivity contribution in [2.24, 2.45) is 35.0 Å². The van der Waals surface area contributed by atoms with E-state index in [1.54, 1.807) is 13.8 Å². The molecule has 1 heterocycles. The molecule has 14 unspecified atom stereocenters. The second kappa shape index (κ2) is 13.0. The van der Waals surface area contributed by atoms with Gasteiger partial charge in [0.05, 0.1) is 36.4 Å². The number of unbranched alkanes of at least 4 members (excludes halogenated alkanes) is 2. The van der Waals surface area contributed by atoms with Crippen molar-refractivity contribution in [1.29, 1.82) is 0 Å². The minimum absolute atomic E-state index is 0.120. The van der Waals surface area contributed by atoms with Crippen molar-refractivity contribution in [3.8, 4) is 0 Å². The summed E-state index contributed by atoms with van der Waals surface area (Å²) >= 11 is 0. The van der Waals surface area contributed by atoms with Gasteiger partial charge in [-0.1, -0.05) is 85.1 Å². The third-order valence-electron chi connectivity index (χ3n) is 12.7. The quantitative estimate of drug-likeness (QED) is 0.0537. The molecule has 274 valence electrons. The summed E-state index contributed by atoms with van der Waals surface area (Å²) in [7, 11) is 0. The summed E-state index contributed by atoms with van der Waals surface area (Å²) in [6.07, 6.45) is 3.99. The first-order chi connectivity index (χ1) is 22.9. The third-order valence-corrected chi connectivity index (χ3v) is 12.7. The van der Waals surface area contributed by atoms with E-state index in [2.05, 4.69) is 0 Å². The fourth-order valence-electron chi connectivity index (χ4n) is 9.48. The molecule has 3 saturated carbocycles. The average Bonchev–Trinajstić information content (AvgIpc) is 3.89. The minimum Gasteiger partial charge on any atom is -0.455 e. The molecule has 0 aromatic carbocycles. The first kappa shape index (κ1) is 37.8. The maximum atomic E-state index is 13.5. The zero-order chi connectivity index (χ0) is 36.5. The van der Waals surface area contributed by atoms with E-state index < -0.39 is 112 Å². The number of fused-ring (bicyclic) bond motifs is 7. The molecule has 4 fully saturated rings. The van der Waals surface area contributed by atoms with E-state index >= 15 is 0 Å². The molecule has 0 radical (unpaired) electrons. The molecule has 0 aromatic rings. The van der Waals surface area contributed by atoms with E-state index in [0.717, 1.165) is 25.3 Å². The Labute approximate surface area is 287 Å². The lowest BCUT2D eigenvalue weighted by Gasteiger charge is -2.53. The van der Waals surface area contributed by atoms with Crippen LogP contribution in [0.15, 0.2) is 36.0 Å². The van der Waals surface area contributed by atoms with Gasteiger partial charge < -0.3 is 44.8 Å². The Morgan fingerprint density at radius 3 is 2.41 bits per heavy atom. The summed E-state index contributed by atoms with van der Waals surface area (Å²) < 4.78 is 18.5. The van der Waals surface area contributed by atoms with Crippen LogP contribution in [-0.2, 0) is 28.6 Å². The molecule has 0 spiro atoms. The molecule has 12 heteroatoms. The number of carbonyl (C=O) groups is 3. The van der Waals surface area contributed by atoms with E-state index in [1.165, 1.54) is 31.2 Å². The normalized spacial score (nSPS) is 43.4. The van der Waals surface area contributed by atoms with Gasteiger partial charge >= 0.3 is 11.9 Å². The van der Waals surface area contributed by atoms with E-state index in [0.29, 0.717) is 12.8 Å². The van der Waals surface area contributed by atoms with Gasteiger partial charge in [-0.3, -0.25) is 9.59 Å². The van der Waals surface area contributed by atoms with Crippen molar-refractivity contribution in [3.63, 3.8) is 0 Å². The second-order valence-electron chi connectivity index (χ2n) is 15.6. The van der Waals surface area contributed by atoms with Gasteiger partial charge in [-0.15, -0.1) is 0 Å². The van der Waals surface area contributed by atoms with Crippen molar-refractivity contribution in [2.75, 3.05) is 6.61 Å². The SMILES string of the molecule is CCCCCC(O)C(O)/C=C/C=C/C(=O)OC1C(C)C2(O)C(C3OC3(CO)C(O)C3(O)C(=O)C(C)=CC32)C2C(C)(C)C12OC(=O)C(C)CC. The van der Waals surface area contributed by atoms with Crippen LogP contribution in [0.5, 0.6) is 0 Å². The van der Waals surface area contributed by atoms with Gasteiger partial charge in [0.15, 0.2) is 17.0 Å². The van der Waals surface area contributed by atoms with Crippen LogP contribution in [0.1, 0.15) is 80.6 Å². The predicted molar refractivity (Wildman–Crippen MR) is 175 cm³/mol. The number of ether oxygens (including phenoxy) is 3. The van der Waals surface area contributed by atoms with Crippen LogP contribution in [0.4, 0.5) is 0 Å². The number of epoxide rings is 1. The Balaban J connectivity index is 1.53. The van der Waals surface area contributed by atoms with Gasteiger partial charge in [0, 0.05) is 35.2 Å². The van der Waals surface area contributed by atoms with Gasteiger partial charge in [0.25, 0.3) is 0 Å². The summed E-state index contributed by atoms with van der Waals surface area (Å²) in [5.41, 5.74) is -8.63. The number of aliphatic hydroxyl groups excluding tert-OH is 4. The highest BCUT2D eigenvalue weighted by molar-refractivity contribution is 6.05. The third kappa shape index (κ3) is 5.31. The van der Waals surface area contributed by atoms with Crippen LogP contribution in [0.25, 0.3) is 0 Å². The molecule has 5 rings (SSSR count). The number of carbonyl (C=O) groups excluding carboxylic acids is 3. The monoisotopic (exact) mass is 690 g/mol. The highest BCUT2D eigenvalue weighted by Crippen LogP contribution is 2.80. The molecule has 1 aliphatic heterocycles. The van der Waals surface area contributed by atoms with Crippen LogP contribution >= 0.6 is 0 Å². The molecule has 49 heavy (non-hydrogen) atoms. The standard InChI is InChI=1S/C37H54O12/c1-8-10-11-14-22(39)23(40)15-12-13-16-25(41)47-29-21(5)35(45)24-17-20(4)28(42)36(24,46)32(44)34(18-38)30(48-34)26(35)27-33(6,7)37(27,29)49-31(43)19(3)9-2/h12-13,15-17,19,21-24,26-27,29-30,32,38-40,44-46H,8-11,14,18H2,1-7H3/b15-12+,16-13+. The molecule has 0 aromatic heterocycles. The fraction of sp³-hybridized carbons (Fsp3) is 0.757. The molecule has 0 bridgehead atoms. The Morgan fingerprint density at radius 1 is 1.12 bits per heavy atom. The number of esters is 2. The molecule has 4 aliphatic carbocycles. The molecule has 6 N–H and O–H groups in total. The zero-order valence-corrected chi connectivity index (χ0v) is 29.5. The zero-order valence-electron chi connectivity index (χ0n) is 29.5. The number of hydrogen-bond donors (Lipinski definition) is 6. The number of Topliss-reactive ketones (excluding diaryl/α,β-unsaturated/α-hetero) is 1. The maximum Gasteiger partial charge on any atom is 0.331 e. The van der Waals surface area contributed by atoms with Crippen molar-refractivity contribution in [1.82, 2.24) is 0 Å². The first-order valence-electron chi connectivity index (χ1n) is 17.7. The topological polar surface area (TPSA) is 204 Å². The summed E-state index contributed by atoms with van der Waals surface area (Å²) in [4.78, 5) is 40.5. The Hall–Kier alpha value is -2.45. The summed E-state index contributed by atoms with van der Waals surface area (Å²) in [6, 6.07) is 0. The lowest BCUT2D eigenvalue weighted by Crippen LogP contribution is -2.69. The second-order valence-corrected chi connectivity index (χ2v) is 15.6. The Morgan fingerprint density at radius 2 is 1.80 bits per heavy atom. The molecule has 1 saturated heterocycles. The molecule has 0 amide bonds. The van der Waals surface area contributed by atoms with E-state index in [1.807, 2.05) is 27.7 Å². The van der Waals surface area contributed by atoms with Crippen molar-refractivity contribution in [2.45, 2.75) is 133 Å². The van der Waals surface area contributed by atoms with Crippen LogP contribution < -0.4 is 0 Å². The number of aliphatic hydroxyl groups is 6. The fourth-order valence-corrected chi connectivity index (χ4v) is 9.48. The van der Waals surface area contributed by atoms with Crippen LogP contribution in [-0.4, -0.2) is 108 Å². The minimum atomic E-state index is -2.55. The Bertz CT molecular complexity index is 1420. The number of allylic oxidation sites excluding steroid dienone is 2. The largest absolute Gasteiger partial charge is 0.455 e. The van der Waals surface area contributed by atoms with E-state index in [9.17, 15) is 45.0 Å². The summed E-state index contributed by atoms with van der Waals surface area (Å²) in [5.74, 6) is -6.83. The van der Waals surface area contributed by atoms with E-state index in [-0.39, 0.29) is 5.57 Å². The van der Waals surface area contributed by atoms with E-state index in [4.69, 9.17) is 14.2 Å². The van der Waals surface area contributed by atoms with Gasteiger partial charge in [-0.25, -0.2) is 4.79 Å². The number of ketones is 1. The molecule has 12 nitrogen and oxygen atoms in total. The average molecular weight is 691 g/mol. The highest BCUT2D eigenvalue weighted by Gasteiger charge is 2.93. The van der Waals surface area contributed by atoms with Crippen LogP contribution in [0.3, 0.4) is 0 Å². The van der Waals surface area contributed by atoms with Gasteiger partial charge in [0.2, 0.25) is 0 Å². The van der Waals surface area contributed by atoms with Crippen molar-refractivity contribution < 1.29 is 59.2 Å². The van der Waals surface area contributed by atoms with Gasteiger partial charge in [-0.2, -0.15) is 0 Å². The number of rotatable bonds is 13. The number of hydrogen-bond acceptors (Lipinski definition) is 12. The maximum absolute atomic E-state index is 13.5. The highest BCUT2D eigenvalue weighted by atomic mass is 16.6. The lowest BCUT2D eigenvalue weighted by atomic mass is 9.58. The molecule has 5 aliphatic rings. The summed E-state index contributed by atoms with van der Waals surface area (Å²) in [6.45, 7) is 11.6. The Kier molecular flexibility index (Phi) is 9.99. The van der Waals surface area contributed by atoms with Gasteiger partial charge in [-0.05, 0) is 25.3 Å². The molecular weight excluding hydrogens is 636 g/mol. The predicted octanol–water partition coefficient (Wildman–Crippen LogP) is 1.67. The summed E-state index contributed by atoms with van der Waals surface area (Å²) in [5, 5.41) is 67.7.